The Balaban J connectivity index is 0.00000121. The fourth-order valence-electron chi connectivity index (χ4n) is 0.893. The molecule has 2 nitrogen and oxygen atoms in total. The van der Waals surface area contributed by atoms with Crippen molar-refractivity contribution in [1.82, 2.24) is 0 Å². The largest absolute Gasteiger partial charge is 0.671 e. The van der Waals surface area contributed by atoms with E-state index in [1.807, 2.05) is 31.2 Å². The molecule has 12 heavy (non-hydrogen) atoms. The summed E-state index contributed by atoms with van der Waals surface area (Å²) in [7, 11) is 1.64. The molecule has 0 aromatic heterocycles. The third-order valence-corrected chi connectivity index (χ3v) is 1.62. The predicted octanol–water partition coefficient (Wildman–Crippen LogP) is 2.81. The Hall–Kier alpha value is 0.422. The number of nitrogens with one attached hydrogen (secondary N) is 1. The van der Waals surface area contributed by atoms with Crippen molar-refractivity contribution in [3.8, 4) is 5.75 Å². The zero-order valence-corrected chi connectivity index (χ0v) is 12.1. The molecular weight excluding hydrogens is 365 g/mol. The molecule has 0 aliphatic rings. The Kier molecular flexibility index (Phi) is 6.17. The smallest absolute Gasteiger partial charge is 0.118 e. The van der Waals surface area contributed by atoms with E-state index < -0.39 is 0 Å². The molecule has 0 aliphatic carbocycles. The van der Waals surface area contributed by atoms with Gasteiger partial charge in [-0.25, -0.2) is 0 Å². The van der Waals surface area contributed by atoms with E-state index in [9.17, 15) is 0 Å². The number of methoxy groups -OCH3 is 1. The van der Waals surface area contributed by atoms with Gasteiger partial charge in [-0.3, -0.25) is 0 Å². The molecule has 0 spiro atoms. The van der Waals surface area contributed by atoms with Crippen LogP contribution in [0.5, 0.6) is 5.75 Å². The van der Waals surface area contributed by atoms with E-state index in [-0.39, 0.29) is 50.1 Å². The summed E-state index contributed by atoms with van der Waals surface area (Å²) < 4.78 is 4.99. The van der Waals surface area contributed by atoms with Crippen molar-refractivity contribution in [1.29, 1.82) is 0 Å². The first-order valence-electron chi connectivity index (χ1n) is 3.59. The second kappa shape index (κ2) is 5.96. The van der Waals surface area contributed by atoms with Gasteiger partial charge in [-0.05, 0) is 12.1 Å². The number of benzene rings is 1. The molecule has 1 rings (SSSR count). The second-order valence-electron chi connectivity index (χ2n) is 2.49. The van der Waals surface area contributed by atoms with Crippen molar-refractivity contribution in [2.24, 2.45) is 0 Å². The Morgan fingerprint density at radius 1 is 1.25 bits per heavy atom. The van der Waals surface area contributed by atoms with Crippen molar-refractivity contribution < 1.29 is 48.8 Å². The van der Waals surface area contributed by atoms with Crippen LogP contribution in [0.4, 0.5) is 0 Å². The van der Waals surface area contributed by atoms with E-state index >= 15 is 0 Å². The zero-order valence-electron chi connectivity index (χ0n) is 7.37. The number of hydrogen-bond acceptors (Lipinski definition) is 1. The molecule has 0 heterocycles. The van der Waals surface area contributed by atoms with Gasteiger partial charge in [0.25, 0.3) is 0 Å². The summed E-state index contributed by atoms with van der Waals surface area (Å²) in [6.45, 7) is 1.85. The van der Waals surface area contributed by atoms with E-state index in [1.165, 1.54) is 0 Å². The molecule has 0 amide bonds. The quantitative estimate of drug-likeness (QED) is 0.781. The first-order chi connectivity index (χ1) is 5.24. The van der Waals surface area contributed by atoms with Gasteiger partial charge in [-0.15, -0.1) is 6.04 Å². The van der Waals surface area contributed by atoms with E-state index in [4.69, 9.17) is 10.5 Å². The Morgan fingerprint density at radius 3 is 2.08 bits per heavy atom. The maximum atomic E-state index is 7.41. The maximum Gasteiger partial charge on any atom is 0.118 e. The molecule has 0 bridgehead atoms. The van der Waals surface area contributed by atoms with Crippen LogP contribution in [-0.2, 0) is 0 Å². The Labute approximate surface area is 109 Å². The van der Waals surface area contributed by atoms with E-state index in [2.05, 4.69) is 0 Å². The summed E-state index contributed by atoms with van der Waals surface area (Å²) in [6.07, 6.45) is 0. The molecule has 0 fully saturated rings. The van der Waals surface area contributed by atoms with Crippen LogP contribution in [0, 0.1) is 44.1 Å². The second-order valence-corrected chi connectivity index (χ2v) is 2.49. The molecule has 63 valence electrons. The molecule has 1 aromatic carbocycles. The average Bonchev–Trinajstić information content (AvgIpc) is 2.05. The van der Waals surface area contributed by atoms with Gasteiger partial charge in [0.2, 0.25) is 0 Å². The molecular formula is C9H12AcNO-. The van der Waals surface area contributed by atoms with Crippen LogP contribution in [0.1, 0.15) is 18.5 Å². The summed E-state index contributed by atoms with van der Waals surface area (Å²) in [6, 6.07) is 7.43. The molecule has 1 radical (unpaired) electrons. The fraction of sp³-hybridized carbons (Fsp3) is 0.333. The average molecular weight is 377 g/mol. The Morgan fingerprint density at radius 2 is 1.75 bits per heavy atom. The van der Waals surface area contributed by atoms with Crippen molar-refractivity contribution in [2.45, 2.75) is 13.0 Å². The van der Waals surface area contributed by atoms with Crippen molar-refractivity contribution in [2.75, 3.05) is 7.11 Å². The monoisotopic (exact) mass is 377 g/mol. The minimum Gasteiger partial charge on any atom is -0.671 e. The fourth-order valence-corrected chi connectivity index (χ4v) is 0.893. The molecule has 1 unspecified atom stereocenters. The maximum absolute atomic E-state index is 7.41. The third-order valence-electron chi connectivity index (χ3n) is 1.62. The van der Waals surface area contributed by atoms with Gasteiger partial charge in [0.1, 0.15) is 5.75 Å². The molecule has 3 heteroatoms. The first kappa shape index (κ1) is 12.4. The van der Waals surface area contributed by atoms with Crippen LogP contribution in [0.15, 0.2) is 24.3 Å². The van der Waals surface area contributed by atoms with Gasteiger partial charge in [-0.1, -0.05) is 24.6 Å². The van der Waals surface area contributed by atoms with Crippen LogP contribution >= 0.6 is 0 Å². The van der Waals surface area contributed by atoms with Gasteiger partial charge in [0, 0.05) is 44.1 Å². The number of rotatable bonds is 2. The van der Waals surface area contributed by atoms with Crippen molar-refractivity contribution in [3.05, 3.63) is 35.6 Å². The normalized spacial score (nSPS) is 11.6. The van der Waals surface area contributed by atoms with E-state index in [0.717, 1.165) is 11.3 Å². The van der Waals surface area contributed by atoms with Crippen molar-refractivity contribution >= 4 is 0 Å². The van der Waals surface area contributed by atoms with Gasteiger partial charge in [-0.2, -0.15) is 0 Å². The van der Waals surface area contributed by atoms with E-state index in [1.54, 1.807) is 7.11 Å². The van der Waals surface area contributed by atoms with E-state index in [0.29, 0.717) is 0 Å². The summed E-state index contributed by atoms with van der Waals surface area (Å²) >= 11 is 0. The molecule has 1 N–H and O–H groups in total. The summed E-state index contributed by atoms with van der Waals surface area (Å²) in [4.78, 5) is 0. The van der Waals surface area contributed by atoms with Crippen molar-refractivity contribution in [3.63, 3.8) is 0 Å². The summed E-state index contributed by atoms with van der Waals surface area (Å²) in [5, 5.41) is 0. The van der Waals surface area contributed by atoms with Gasteiger partial charge >= 0.3 is 0 Å². The topological polar surface area (TPSA) is 33.0 Å². The minimum atomic E-state index is -0.152. The van der Waals surface area contributed by atoms with Gasteiger partial charge in [0.05, 0.1) is 7.11 Å². The van der Waals surface area contributed by atoms with Gasteiger partial charge in [0.15, 0.2) is 0 Å². The van der Waals surface area contributed by atoms with Crippen LogP contribution in [0.2, 0.25) is 0 Å². The van der Waals surface area contributed by atoms with Gasteiger partial charge < -0.3 is 10.5 Å². The van der Waals surface area contributed by atoms with Crippen LogP contribution in [-0.4, -0.2) is 7.11 Å². The molecule has 1 aromatic rings. The molecule has 0 aliphatic heterocycles. The van der Waals surface area contributed by atoms with Crippen LogP contribution < -0.4 is 4.74 Å². The Bertz CT molecular complexity index is 220. The summed E-state index contributed by atoms with van der Waals surface area (Å²) in [5.41, 5.74) is 8.42. The number of ether oxygens (including phenoxy) is 1. The zero-order chi connectivity index (χ0) is 8.27. The SMILES string of the molecule is COc1ccc(C(C)[NH-])cc1.[Ac]. The first-order valence-corrected chi connectivity index (χ1v) is 3.59. The molecule has 0 saturated heterocycles. The predicted molar refractivity (Wildman–Crippen MR) is 45.7 cm³/mol. The minimum absolute atomic E-state index is 0. The molecule has 1 atom stereocenters. The standard InChI is InChI=1S/C9H12NO.Ac/c1-7(10)8-3-5-9(11-2)6-4-8;/h3-7,10H,1-2H3;/q-1;. The van der Waals surface area contributed by atoms with Crippen LogP contribution in [0.25, 0.3) is 5.73 Å². The van der Waals surface area contributed by atoms with Crippen LogP contribution in [0.3, 0.4) is 0 Å². The summed E-state index contributed by atoms with van der Waals surface area (Å²) in [5.74, 6) is 0.842. The molecule has 0 saturated carbocycles. The third kappa shape index (κ3) is 3.43. The number of hydrogen-bond donors (Lipinski definition) is 0.